The summed E-state index contributed by atoms with van der Waals surface area (Å²) < 4.78 is 18.8. The Morgan fingerprint density at radius 1 is 1.58 bits per heavy atom. The van der Waals surface area contributed by atoms with Gasteiger partial charge in [-0.1, -0.05) is 0 Å². The number of methoxy groups -OCH3 is 1. The summed E-state index contributed by atoms with van der Waals surface area (Å²) in [5.41, 5.74) is 0.198. The molecule has 1 heterocycles. The second kappa shape index (κ2) is 5.13. The van der Waals surface area contributed by atoms with E-state index < -0.39 is 24.0 Å². The highest BCUT2D eigenvalue weighted by Crippen LogP contribution is 2.29. The van der Waals surface area contributed by atoms with E-state index in [2.05, 4.69) is 10.6 Å². The fraction of sp³-hybridized carbons (Fsp3) is 0.333. The van der Waals surface area contributed by atoms with Crippen molar-refractivity contribution >= 4 is 12.0 Å². The number of rotatable bonds is 3. The van der Waals surface area contributed by atoms with Gasteiger partial charge in [-0.05, 0) is 18.2 Å². The van der Waals surface area contributed by atoms with Crippen LogP contribution in [0.1, 0.15) is 18.0 Å². The molecule has 0 aromatic heterocycles. The maximum absolute atomic E-state index is 13.8. The number of carbonyl (C=O) groups excluding carboxylic acids is 1. The van der Waals surface area contributed by atoms with Gasteiger partial charge in [0.1, 0.15) is 11.6 Å². The van der Waals surface area contributed by atoms with Crippen molar-refractivity contribution in [2.45, 2.75) is 18.5 Å². The van der Waals surface area contributed by atoms with E-state index in [9.17, 15) is 14.0 Å². The Morgan fingerprint density at radius 3 is 2.95 bits per heavy atom. The second-order valence-corrected chi connectivity index (χ2v) is 4.19. The molecule has 0 radical (unpaired) electrons. The molecule has 1 fully saturated rings. The number of nitrogens with one attached hydrogen (secondary N) is 2. The zero-order valence-electron chi connectivity index (χ0n) is 10.1. The Hall–Kier alpha value is -2.31. The van der Waals surface area contributed by atoms with Gasteiger partial charge in [-0.15, -0.1) is 0 Å². The number of ether oxygens (including phenoxy) is 1. The Morgan fingerprint density at radius 2 is 2.32 bits per heavy atom. The molecule has 0 bridgehead atoms. The topological polar surface area (TPSA) is 87.7 Å². The Labute approximate surface area is 108 Å². The SMILES string of the molecule is COc1ccc(F)c([C@@H]2NC(=O)C[C@H]2NC(=O)O)c1. The summed E-state index contributed by atoms with van der Waals surface area (Å²) in [5, 5.41) is 13.5. The van der Waals surface area contributed by atoms with Gasteiger partial charge in [0.2, 0.25) is 5.91 Å². The lowest BCUT2D eigenvalue weighted by Gasteiger charge is -2.20. The summed E-state index contributed by atoms with van der Waals surface area (Å²) in [6, 6.07) is 2.68. The van der Waals surface area contributed by atoms with Crippen LogP contribution in [0.3, 0.4) is 0 Å². The zero-order chi connectivity index (χ0) is 14.0. The van der Waals surface area contributed by atoms with E-state index >= 15 is 0 Å². The maximum atomic E-state index is 13.8. The number of amides is 2. The monoisotopic (exact) mass is 268 g/mol. The Balaban J connectivity index is 2.32. The Kier molecular flexibility index (Phi) is 3.55. The molecule has 7 heteroatoms. The standard InChI is InChI=1S/C12H13FN2O4/c1-19-6-2-3-8(13)7(4-6)11-9(14-12(17)18)5-10(16)15-11/h2-4,9,11,14H,5H2,1H3,(H,15,16)(H,17,18)/t9-,11+/m1/s1. The van der Waals surface area contributed by atoms with Crippen molar-refractivity contribution in [1.82, 2.24) is 10.6 Å². The highest BCUT2D eigenvalue weighted by atomic mass is 19.1. The average molecular weight is 268 g/mol. The normalized spacial score (nSPS) is 21.9. The molecule has 2 atom stereocenters. The number of hydrogen-bond acceptors (Lipinski definition) is 3. The van der Waals surface area contributed by atoms with Crippen LogP contribution in [0.15, 0.2) is 18.2 Å². The summed E-state index contributed by atoms with van der Waals surface area (Å²) in [5.74, 6) is -0.414. The molecule has 0 aliphatic carbocycles. The smallest absolute Gasteiger partial charge is 0.404 e. The maximum Gasteiger partial charge on any atom is 0.404 e. The number of halogens is 1. The summed E-state index contributed by atoms with van der Waals surface area (Å²) in [6.07, 6.45) is -1.28. The predicted molar refractivity (Wildman–Crippen MR) is 63.4 cm³/mol. The molecule has 2 rings (SSSR count). The van der Waals surface area contributed by atoms with Crippen LogP contribution in [0, 0.1) is 5.82 Å². The van der Waals surface area contributed by atoms with Crippen LogP contribution in [0.4, 0.5) is 9.18 Å². The lowest BCUT2D eigenvalue weighted by molar-refractivity contribution is -0.119. The minimum absolute atomic E-state index is 0.0202. The lowest BCUT2D eigenvalue weighted by atomic mass is 10.00. The number of carboxylic acid groups (broad SMARTS) is 1. The highest BCUT2D eigenvalue weighted by Gasteiger charge is 2.36. The van der Waals surface area contributed by atoms with Gasteiger partial charge in [0.15, 0.2) is 0 Å². The second-order valence-electron chi connectivity index (χ2n) is 4.19. The van der Waals surface area contributed by atoms with Crippen molar-refractivity contribution in [2.75, 3.05) is 7.11 Å². The molecule has 0 unspecified atom stereocenters. The van der Waals surface area contributed by atoms with Gasteiger partial charge in [0, 0.05) is 12.0 Å². The van der Waals surface area contributed by atoms with Crippen LogP contribution in [0.5, 0.6) is 5.75 Å². The van der Waals surface area contributed by atoms with Crippen LogP contribution in [0.25, 0.3) is 0 Å². The summed E-state index contributed by atoms with van der Waals surface area (Å²) in [4.78, 5) is 22.1. The number of benzene rings is 1. The molecule has 1 saturated heterocycles. The van der Waals surface area contributed by atoms with E-state index in [-0.39, 0.29) is 17.9 Å². The predicted octanol–water partition coefficient (Wildman–Crippen LogP) is 1.03. The summed E-state index contributed by atoms with van der Waals surface area (Å²) in [6.45, 7) is 0. The number of hydrogen-bond donors (Lipinski definition) is 3. The van der Waals surface area contributed by atoms with Crippen LogP contribution in [-0.2, 0) is 4.79 Å². The number of carbonyl (C=O) groups is 2. The molecular weight excluding hydrogens is 255 g/mol. The minimum Gasteiger partial charge on any atom is -0.497 e. The molecule has 19 heavy (non-hydrogen) atoms. The lowest BCUT2D eigenvalue weighted by Crippen LogP contribution is -2.38. The van der Waals surface area contributed by atoms with E-state index in [1.54, 1.807) is 0 Å². The van der Waals surface area contributed by atoms with Crippen LogP contribution < -0.4 is 15.4 Å². The molecule has 1 aliphatic heterocycles. The summed E-state index contributed by atoms with van der Waals surface area (Å²) >= 11 is 0. The van der Waals surface area contributed by atoms with E-state index in [0.717, 1.165) is 0 Å². The molecular formula is C12H13FN2O4. The third-order valence-corrected chi connectivity index (χ3v) is 2.97. The first-order valence-corrected chi connectivity index (χ1v) is 5.63. The molecule has 6 nitrogen and oxygen atoms in total. The van der Waals surface area contributed by atoms with Crippen LogP contribution in [0.2, 0.25) is 0 Å². The van der Waals surface area contributed by atoms with Gasteiger partial charge in [0.05, 0.1) is 19.2 Å². The third kappa shape index (κ3) is 2.75. The Bertz CT molecular complexity index is 520. The minimum atomic E-state index is -1.25. The van der Waals surface area contributed by atoms with E-state index in [4.69, 9.17) is 9.84 Å². The molecule has 1 aliphatic rings. The van der Waals surface area contributed by atoms with Gasteiger partial charge in [0.25, 0.3) is 0 Å². The van der Waals surface area contributed by atoms with E-state index in [1.165, 1.54) is 25.3 Å². The van der Waals surface area contributed by atoms with Crippen molar-refractivity contribution in [2.24, 2.45) is 0 Å². The van der Waals surface area contributed by atoms with Crippen molar-refractivity contribution in [1.29, 1.82) is 0 Å². The van der Waals surface area contributed by atoms with Crippen LogP contribution >= 0.6 is 0 Å². The molecule has 3 N–H and O–H groups in total. The van der Waals surface area contributed by atoms with Gasteiger partial charge in [-0.3, -0.25) is 4.79 Å². The van der Waals surface area contributed by atoms with Crippen molar-refractivity contribution in [3.63, 3.8) is 0 Å². The summed E-state index contributed by atoms with van der Waals surface area (Å²) in [7, 11) is 1.44. The first-order chi connectivity index (χ1) is 9.01. The largest absolute Gasteiger partial charge is 0.497 e. The van der Waals surface area contributed by atoms with Crippen molar-refractivity contribution in [3.8, 4) is 5.75 Å². The van der Waals surface area contributed by atoms with Crippen molar-refractivity contribution < 1.29 is 23.8 Å². The quantitative estimate of drug-likeness (QED) is 0.764. The van der Waals surface area contributed by atoms with Gasteiger partial charge in [-0.2, -0.15) is 0 Å². The first kappa shape index (κ1) is 13.1. The van der Waals surface area contributed by atoms with Crippen molar-refractivity contribution in [3.05, 3.63) is 29.6 Å². The van der Waals surface area contributed by atoms with E-state index in [1.807, 2.05) is 0 Å². The molecule has 0 saturated carbocycles. The third-order valence-electron chi connectivity index (χ3n) is 2.97. The fourth-order valence-corrected chi connectivity index (χ4v) is 2.13. The highest BCUT2D eigenvalue weighted by molar-refractivity contribution is 5.81. The van der Waals surface area contributed by atoms with Crippen LogP contribution in [-0.4, -0.2) is 30.3 Å². The molecule has 1 aromatic rings. The zero-order valence-corrected chi connectivity index (χ0v) is 10.1. The van der Waals surface area contributed by atoms with Gasteiger partial charge in [-0.25, -0.2) is 9.18 Å². The first-order valence-electron chi connectivity index (χ1n) is 5.63. The molecule has 2 amide bonds. The molecule has 0 spiro atoms. The molecule has 102 valence electrons. The fourth-order valence-electron chi connectivity index (χ4n) is 2.13. The van der Waals surface area contributed by atoms with E-state index in [0.29, 0.717) is 5.75 Å². The average Bonchev–Trinajstić information content (AvgIpc) is 2.70. The van der Waals surface area contributed by atoms with Gasteiger partial charge >= 0.3 is 6.09 Å². The molecule has 1 aromatic carbocycles. The van der Waals surface area contributed by atoms with Gasteiger partial charge < -0.3 is 20.5 Å².